The first-order valence-corrected chi connectivity index (χ1v) is 7.93. The molecule has 0 radical (unpaired) electrons. The molecule has 3 rings (SSSR count). The molecule has 1 aromatic heterocycles. The summed E-state index contributed by atoms with van der Waals surface area (Å²) in [5, 5.41) is 3.40. The second kappa shape index (κ2) is 6.69. The molecule has 1 heterocycles. The van der Waals surface area contributed by atoms with Gasteiger partial charge in [0.2, 0.25) is 0 Å². The van der Waals surface area contributed by atoms with Crippen LogP contribution in [0.1, 0.15) is 26.2 Å². The van der Waals surface area contributed by atoms with Gasteiger partial charge in [0.25, 0.3) is 0 Å². The predicted octanol–water partition coefficient (Wildman–Crippen LogP) is 3.65. The maximum Gasteiger partial charge on any atom is 0.170 e. The Hall–Kier alpha value is -2.56. The van der Waals surface area contributed by atoms with Crippen LogP contribution in [0.5, 0.6) is 0 Å². The zero-order valence-electron chi connectivity index (χ0n) is 13.5. The molecule has 0 bridgehead atoms. The number of hydrogen-bond acceptors (Lipinski definition) is 5. The summed E-state index contributed by atoms with van der Waals surface area (Å²) in [6.07, 6.45) is 7.25. The number of aromatic nitrogens is 2. The van der Waals surface area contributed by atoms with Crippen molar-refractivity contribution in [2.45, 2.75) is 32.2 Å². The van der Waals surface area contributed by atoms with Gasteiger partial charge in [-0.05, 0) is 30.2 Å². The van der Waals surface area contributed by atoms with Crippen molar-refractivity contribution >= 4 is 22.7 Å². The lowest BCUT2D eigenvalue weighted by Gasteiger charge is -2.23. The maximum absolute atomic E-state index is 6.06. The van der Waals surface area contributed by atoms with E-state index in [1.807, 2.05) is 24.3 Å². The van der Waals surface area contributed by atoms with Crippen molar-refractivity contribution in [3.05, 3.63) is 47.7 Å². The Morgan fingerprint density at radius 2 is 2.00 bits per heavy atom. The van der Waals surface area contributed by atoms with Crippen LogP contribution in [0, 0.1) is 0 Å². The van der Waals surface area contributed by atoms with Crippen molar-refractivity contribution in [1.29, 1.82) is 0 Å². The van der Waals surface area contributed by atoms with Crippen LogP contribution in [0.4, 0.5) is 11.6 Å². The minimum absolute atomic E-state index is 0.106. The third-order valence-corrected chi connectivity index (χ3v) is 3.90. The number of nitrogen functional groups attached to an aromatic ring is 1. The van der Waals surface area contributed by atoms with Crippen LogP contribution in [-0.2, 0) is 4.74 Å². The average Bonchev–Trinajstić information content (AvgIpc) is 2.55. The second-order valence-corrected chi connectivity index (χ2v) is 5.71. The molecule has 0 saturated carbocycles. The van der Waals surface area contributed by atoms with Crippen LogP contribution >= 0.6 is 0 Å². The van der Waals surface area contributed by atoms with Crippen molar-refractivity contribution in [2.75, 3.05) is 18.2 Å². The number of hydrogen-bond donors (Lipinski definition) is 2. The van der Waals surface area contributed by atoms with Gasteiger partial charge in [0.15, 0.2) is 11.6 Å². The summed E-state index contributed by atoms with van der Waals surface area (Å²) in [6.45, 7) is 2.17. The quantitative estimate of drug-likeness (QED) is 0.882. The first kappa shape index (κ1) is 15.3. The molecule has 1 unspecified atom stereocenters. The molecule has 0 amide bonds. The molecule has 3 N–H and O–H groups in total. The largest absolute Gasteiger partial charge is 0.501 e. The highest BCUT2D eigenvalue weighted by Crippen LogP contribution is 2.26. The van der Waals surface area contributed by atoms with E-state index in [0.29, 0.717) is 11.6 Å². The van der Waals surface area contributed by atoms with Crippen molar-refractivity contribution in [3.63, 3.8) is 0 Å². The van der Waals surface area contributed by atoms with Gasteiger partial charge in [-0.25, -0.2) is 9.97 Å². The van der Waals surface area contributed by atoms with Crippen molar-refractivity contribution in [3.8, 4) is 0 Å². The highest BCUT2D eigenvalue weighted by Gasteiger charge is 2.17. The number of fused-ring (bicyclic) bond motifs is 1. The Labute approximate surface area is 136 Å². The number of para-hydroxylation sites is 2. The zero-order chi connectivity index (χ0) is 16.2. The van der Waals surface area contributed by atoms with Crippen LogP contribution < -0.4 is 11.1 Å². The number of rotatable bonds is 5. The van der Waals surface area contributed by atoms with Crippen molar-refractivity contribution < 1.29 is 4.74 Å². The number of nitrogens with one attached hydrogen (secondary N) is 1. The lowest BCUT2D eigenvalue weighted by Crippen LogP contribution is -2.23. The fourth-order valence-corrected chi connectivity index (χ4v) is 2.82. The SMILES string of the molecule is CCCC1=CC(Nc2nc3ccccc3nc2N)CC(OC)=C1. The van der Waals surface area contributed by atoms with E-state index in [2.05, 4.69) is 34.4 Å². The van der Waals surface area contributed by atoms with Gasteiger partial charge in [-0.3, -0.25) is 0 Å². The molecule has 0 aliphatic heterocycles. The number of methoxy groups -OCH3 is 1. The molecular formula is C18H22N4O. The van der Waals surface area contributed by atoms with Crippen molar-refractivity contribution in [2.24, 2.45) is 0 Å². The third kappa shape index (κ3) is 3.44. The minimum atomic E-state index is 0.106. The maximum atomic E-state index is 6.06. The molecule has 1 atom stereocenters. The molecule has 5 nitrogen and oxygen atoms in total. The standard InChI is InChI=1S/C18H22N4O/c1-3-6-12-9-13(11-14(10-12)23-2)20-18-17(19)21-15-7-4-5-8-16(15)22-18/h4-5,7-10,13H,3,6,11H2,1-2H3,(H2,19,21)(H,20,22). The van der Waals surface area contributed by atoms with Gasteiger partial charge in [0, 0.05) is 6.42 Å². The van der Waals surface area contributed by atoms with Crippen LogP contribution in [-0.4, -0.2) is 23.1 Å². The monoisotopic (exact) mass is 310 g/mol. The summed E-state index contributed by atoms with van der Waals surface area (Å²) >= 11 is 0. The fourth-order valence-electron chi connectivity index (χ4n) is 2.82. The molecule has 120 valence electrons. The number of benzene rings is 1. The highest BCUT2D eigenvalue weighted by molar-refractivity contribution is 5.79. The summed E-state index contributed by atoms with van der Waals surface area (Å²) in [4.78, 5) is 9.02. The smallest absolute Gasteiger partial charge is 0.170 e. The molecule has 1 aliphatic carbocycles. The van der Waals surface area contributed by atoms with Crippen LogP contribution in [0.25, 0.3) is 11.0 Å². The molecule has 1 aliphatic rings. The summed E-state index contributed by atoms with van der Waals surface area (Å²) in [5.74, 6) is 2.02. The van der Waals surface area contributed by atoms with Gasteiger partial charge in [-0.15, -0.1) is 0 Å². The number of nitrogens with two attached hydrogens (primary N) is 1. The topological polar surface area (TPSA) is 73.1 Å². The molecule has 23 heavy (non-hydrogen) atoms. The Morgan fingerprint density at radius 3 is 2.70 bits per heavy atom. The van der Waals surface area contributed by atoms with E-state index >= 15 is 0 Å². The molecule has 0 fully saturated rings. The Balaban J connectivity index is 1.86. The predicted molar refractivity (Wildman–Crippen MR) is 94.1 cm³/mol. The molecule has 5 heteroatoms. The van der Waals surface area contributed by atoms with E-state index < -0.39 is 0 Å². The first-order chi connectivity index (χ1) is 11.2. The first-order valence-electron chi connectivity index (χ1n) is 7.93. The summed E-state index contributed by atoms with van der Waals surface area (Å²) in [5.41, 5.74) is 8.98. The van der Waals surface area contributed by atoms with Gasteiger partial charge in [0.1, 0.15) is 0 Å². The van der Waals surface area contributed by atoms with E-state index in [1.165, 1.54) is 5.57 Å². The Kier molecular flexibility index (Phi) is 4.46. The van der Waals surface area contributed by atoms with E-state index in [0.717, 1.165) is 36.1 Å². The fraction of sp³-hybridized carbons (Fsp3) is 0.333. The van der Waals surface area contributed by atoms with E-state index in [4.69, 9.17) is 10.5 Å². The molecule has 0 spiro atoms. The molecule has 1 aromatic carbocycles. The highest BCUT2D eigenvalue weighted by atomic mass is 16.5. The van der Waals surface area contributed by atoms with E-state index in [1.54, 1.807) is 7.11 Å². The van der Waals surface area contributed by atoms with Gasteiger partial charge in [-0.1, -0.05) is 31.6 Å². The van der Waals surface area contributed by atoms with Crippen LogP contribution in [0.2, 0.25) is 0 Å². The Morgan fingerprint density at radius 1 is 1.26 bits per heavy atom. The molecule has 0 saturated heterocycles. The average molecular weight is 310 g/mol. The lowest BCUT2D eigenvalue weighted by atomic mass is 9.98. The number of allylic oxidation sites excluding steroid dienone is 2. The van der Waals surface area contributed by atoms with E-state index in [-0.39, 0.29) is 6.04 Å². The number of ether oxygens (including phenoxy) is 1. The Bertz CT molecular complexity index is 767. The van der Waals surface area contributed by atoms with E-state index in [9.17, 15) is 0 Å². The van der Waals surface area contributed by atoms with Crippen molar-refractivity contribution in [1.82, 2.24) is 9.97 Å². The van der Waals surface area contributed by atoms with Gasteiger partial charge < -0.3 is 15.8 Å². The second-order valence-electron chi connectivity index (χ2n) is 5.71. The number of nitrogens with zero attached hydrogens (tertiary/aromatic N) is 2. The van der Waals surface area contributed by atoms with Crippen LogP contribution in [0.3, 0.4) is 0 Å². The summed E-state index contributed by atoms with van der Waals surface area (Å²) < 4.78 is 5.45. The summed E-state index contributed by atoms with van der Waals surface area (Å²) in [7, 11) is 1.71. The lowest BCUT2D eigenvalue weighted by molar-refractivity contribution is 0.273. The number of anilines is 2. The molecule has 2 aromatic rings. The van der Waals surface area contributed by atoms with Gasteiger partial charge >= 0.3 is 0 Å². The van der Waals surface area contributed by atoms with Gasteiger partial charge in [0.05, 0.1) is 29.9 Å². The summed E-state index contributed by atoms with van der Waals surface area (Å²) in [6, 6.07) is 7.83. The minimum Gasteiger partial charge on any atom is -0.501 e. The normalized spacial score (nSPS) is 17.6. The molecular weight excluding hydrogens is 288 g/mol. The zero-order valence-corrected chi connectivity index (χ0v) is 13.5. The van der Waals surface area contributed by atoms with Gasteiger partial charge in [-0.2, -0.15) is 0 Å². The van der Waals surface area contributed by atoms with Crippen LogP contribution in [0.15, 0.2) is 47.7 Å². The third-order valence-electron chi connectivity index (χ3n) is 3.90.